The van der Waals surface area contributed by atoms with E-state index >= 15 is 0 Å². The normalized spacial score (nSPS) is 11.0. The Balaban J connectivity index is 2.24. The minimum Gasteiger partial charge on any atom is -0.481 e. The molecule has 0 atom stereocenters. The molecule has 3 aromatic rings. The molecule has 120 valence electrons. The van der Waals surface area contributed by atoms with E-state index in [1.54, 1.807) is 27.4 Å². The highest BCUT2D eigenvalue weighted by Gasteiger charge is 2.17. The van der Waals surface area contributed by atoms with Gasteiger partial charge >= 0.3 is 0 Å². The third-order valence-electron chi connectivity index (χ3n) is 3.73. The Labute approximate surface area is 134 Å². The van der Waals surface area contributed by atoms with Gasteiger partial charge in [-0.05, 0) is 6.92 Å². The zero-order valence-corrected chi connectivity index (χ0v) is 13.6. The van der Waals surface area contributed by atoms with Gasteiger partial charge in [0.2, 0.25) is 11.8 Å². The van der Waals surface area contributed by atoms with Crippen molar-refractivity contribution in [2.24, 2.45) is 0 Å². The maximum atomic E-state index is 5.27. The summed E-state index contributed by atoms with van der Waals surface area (Å²) in [5, 5.41) is 1.05. The van der Waals surface area contributed by atoms with E-state index in [9.17, 15) is 0 Å². The Kier molecular flexibility index (Phi) is 4.16. The van der Waals surface area contributed by atoms with Crippen LogP contribution < -0.4 is 9.47 Å². The lowest BCUT2D eigenvalue weighted by molar-refractivity contribution is 0.186. The van der Waals surface area contributed by atoms with Crippen molar-refractivity contribution in [2.45, 2.75) is 13.5 Å². The van der Waals surface area contributed by atoms with E-state index in [-0.39, 0.29) is 0 Å². The highest BCUT2D eigenvalue weighted by Crippen LogP contribution is 2.33. The van der Waals surface area contributed by atoms with Gasteiger partial charge in [-0.1, -0.05) is 18.2 Å². The third kappa shape index (κ3) is 2.73. The zero-order chi connectivity index (χ0) is 16.4. The van der Waals surface area contributed by atoms with Crippen LogP contribution in [0.15, 0.2) is 24.3 Å². The van der Waals surface area contributed by atoms with Crippen molar-refractivity contribution in [1.82, 2.24) is 15.0 Å². The Morgan fingerprint density at radius 2 is 1.74 bits per heavy atom. The topological polar surface area (TPSA) is 69.3 Å². The van der Waals surface area contributed by atoms with Crippen LogP contribution in [0, 0.1) is 6.92 Å². The van der Waals surface area contributed by atoms with Gasteiger partial charge in [-0.25, -0.2) is 0 Å². The number of aromatic amines is 1. The monoisotopic (exact) mass is 313 g/mol. The number of aromatic nitrogens is 3. The Bertz CT molecular complexity index is 820. The summed E-state index contributed by atoms with van der Waals surface area (Å²) in [6, 6.07) is 7.75. The zero-order valence-electron chi connectivity index (χ0n) is 13.6. The number of hydrogen-bond acceptors (Lipinski definition) is 5. The van der Waals surface area contributed by atoms with Crippen molar-refractivity contribution < 1.29 is 14.2 Å². The molecule has 0 radical (unpaired) electrons. The van der Waals surface area contributed by atoms with Crippen molar-refractivity contribution in [3.63, 3.8) is 0 Å². The van der Waals surface area contributed by atoms with Crippen LogP contribution in [0.25, 0.3) is 22.3 Å². The van der Waals surface area contributed by atoms with Crippen LogP contribution in [0.4, 0.5) is 0 Å². The van der Waals surface area contributed by atoms with E-state index in [4.69, 9.17) is 14.2 Å². The van der Waals surface area contributed by atoms with Crippen molar-refractivity contribution in [3.05, 3.63) is 35.5 Å². The Hall–Kier alpha value is -2.60. The van der Waals surface area contributed by atoms with Crippen molar-refractivity contribution >= 4 is 10.9 Å². The fraction of sp³-hybridized carbons (Fsp3) is 0.294. The van der Waals surface area contributed by atoms with E-state index in [0.717, 1.165) is 27.7 Å². The summed E-state index contributed by atoms with van der Waals surface area (Å²) >= 11 is 0. The van der Waals surface area contributed by atoms with Crippen molar-refractivity contribution in [1.29, 1.82) is 0 Å². The first-order chi connectivity index (χ1) is 11.2. The van der Waals surface area contributed by atoms with Crippen LogP contribution in [0.1, 0.15) is 11.3 Å². The molecule has 6 heteroatoms. The first kappa shape index (κ1) is 15.3. The van der Waals surface area contributed by atoms with E-state index in [1.807, 2.05) is 25.1 Å². The molecule has 0 saturated heterocycles. The molecular weight excluding hydrogens is 294 g/mol. The van der Waals surface area contributed by atoms with Crippen LogP contribution >= 0.6 is 0 Å². The quantitative estimate of drug-likeness (QED) is 0.784. The number of nitrogens with zero attached hydrogens (tertiary/aromatic N) is 2. The van der Waals surface area contributed by atoms with Gasteiger partial charge in [-0.2, -0.15) is 9.97 Å². The number of H-pyrrole nitrogens is 1. The molecule has 0 bridgehead atoms. The largest absolute Gasteiger partial charge is 0.481 e. The molecule has 0 amide bonds. The number of hydrogen-bond donors (Lipinski definition) is 1. The molecule has 0 aliphatic heterocycles. The number of para-hydroxylation sites is 1. The van der Waals surface area contributed by atoms with Crippen molar-refractivity contribution in [2.75, 3.05) is 21.3 Å². The Morgan fingerprint density at radius 3 is 2.35 bits per heavy atom. The molecule has 1 N–H and O–H groups in total. The maximum Gasteiger partial charge on any atom is 0.220 e. The van der Waals surface area contributed by atoms with Crippen LogP contribution in [0.3, 0.4) is 0 Å². The molecule has 2 aromatic heterocycles. The fourth-order valence-electron chi connectivity index (χ4n) is 2.70. The number of aryl methyl sites for hydroxylation is 1. The van der Waals surface area contributed by atoms with Crippen LogP contribution in [-0.2, 0) is 11.3 Å². The summed E-state index contributed by atoms with van der Waals surface area (Å²) in [5.41, 5.74) is 4.05. The predicted molar refractivity (Wildman–Crippen MR) is 87.9 cm³/mol. The smallest absolute Gasteiger partial charge is 0.220 e. The molecule has 0 saturated carbocycles. The van der Waals surface area contributed by atoms with Gasteiger partial charge in [-0.3, -0.25) is 0 Å². The van der Waals surface area contributed by atoms with E-state index < -0.39 is 0 Å². The second kappa shape index (κ2) is 6.26. The van der Waals surface area contributed by atoms with Gasteiger partial charge in [0.1, 0.15) is 0 Å². The molecular formula is C17H19N3O3. The number of rotatable bonds is 5. The molecule has 2 heterocycles. The van der Waals surface area contributed by atoms with Crippen LogP contribution in [0.2, 0.25) is 0 Å². The van der Waals surface area contributed by atoms with Gasteiger partial charge in [0.05, 0.1) is 32.4 Å². The summed E-state index contributed by atoms with van der Waals surface area (Å²) in [5.74, 6) is 1.50. The molecule has 23 heavy (non-hydrogen) atoms. The highest BCUT2D eigenvalue weighted by atomic mass is 16.5. The molecule has 0 aliphatic carbocycles. The molecule has 0 aliphatic rings. The SMILES string of the molecule is COCc1cccc2c(-c3nc(OC)cc(OC)n3)c(C)[nH]c12. The first-order valence-corrected chi connectivity index (χ1v) is 7.24. The van der Waals surface area contributed by atoms with Crippen LogP contribution in [-0.4, -0.2) is 36.3 Å². The number of fused-ring (bicyclic) bond motifs is 1. The standard InChI is InChI=1S/C17H19N3O3/c1-10-15(17-19-13(22-3)8-14(20-17)23-4)12-7-5-6-11(9-21-2)16(12)18-10/h5-8,18H,9H2,1-4H3. The predicted octanol–water partition coefficient (Wildman–Crippen LogP) is 3.10. The summed E-state index contributed by atoms with van der Waals surface area (Å²) in [7, 11) is 4.83. The second-order valence-electron chi connectivity index (χ2n) is 5.17. The van der Waals surface area contributed by atoms with Gasteiger partial charge in [-0.15, -0.1) is 0 Å². The fourth-order valence-corrected chi connectivity index (χ4v) is 2.70. The summed E-state index contributed by atoms with van der Waals surface area (Å²) in [4.78, 5) is 12.3. The Morgan fingerprint density at radius 1 is 1.04 bits per heavy atom. The average molecular weight is 313 g/mol. The van der Waals surface area contributed by atoms with Crippen LogP contribution in [0.5, 0.6) is 11.8 Å². The lowest BCUT2D eigenvalue weighted by Gasteiger charge is -2.07. The minimum absolute atomic E-state index is 0.466. The summed E-state index contributed by atoms with van der Waals surface area (Å²) < 4.78 is 15.8. The number of methoxy groups -OCH3 is 3. The average Bonchev–Trinajstić information content (AvgIpc) is 2.91. The number of ether oxygens (including phenoxy) is 3. The van der Waals surface area contributed by atoms with Gasteiger partial charge in [0.25, 0.3) is 0 Å². The third-order valence-corrected chi connectivity index (χ3v) is 3.73. The molecule has 3 rings (SSSR count). The summed E-state index contributed by atoms with van der Waals surface area (Å²) in [6.07, 6.45) is 0. The second-order valence-corrected chi connectivity index (χ2v) is 5.17. The molecule has 1 aromatic carbocycles. The number of nitrogens with one attached hydrogen (secondary N) is 1. The van der Waals surface area contributed by atoms with Gasteiger partial charge < -0.3 is 19.2 Å². The van der Waals surface area contributed by atoms with E-state index in [0.29, 0.717) is 24.2 Å². The summed E-state index contributed by atoms with van der Waals surface area (Å²) in [6.45, 7) is 2.54. The first-order valence-electron chi connectivity index (χ1n) is 7.24. The lowest BCUT2D eigenvalue weighted by Crippen LogP contribution is -1.97. The molecule has 0 unspecified atom stereocenters. The molecule has 0 spiro atoms. The molecule has 6 nitrogen and oxygen atoms in total. The number of benzene rings is 1. The lowest BCUT2D eigenvalue weighted by atomic mass is 10.1. The van der Waals surface area contributed by atoms with E-state index in [1.165, 1.54) is 0 Å². The maximum absolute atomic E-state index is 5.27. The van der Waals surface area contributed by atoms with Gasteiger partial charge in [0, 0.05) is 29.3 Å². The van der Waals surface area contributed by atoms with E-state index in [2.05, 4.69) is 15.0 Å². The van der Waals surface area contributed by atoms with Crippen molar-refractivity contribution in [3.8, 4) is 23.1 Å². The highest BCUT2D eigenvalue weighted by molar-refractivity contribution is 5.97. The molecule has 0 fully saturated rings. The van der Waals surface area contributed by atoms with Gasteiger partial charge in [0.15, 0.2) is 5.82 Å². The minimum atomic E-state index is 0.466.